The maximum atomic E-state index is 12.8. The van der Waals surface area contributed by atoms with E-state index in [1.54, 1.807) is 18.0 Å². The maximum absolute atomic E-state index is 12.8. The Kier molecular flexibility index (Phi) is 5.11. The van der Waals surface area contributed by atoms with Crippen LogP contribution in [0.5, 0.6) is 5.75 Å². The van der Waals surface area contributed by atoms with Crippen LogP contribution in [0.2, 0.25) is 0 Å². The molecule has 0 fully saturated rings. The lowest BCUT2D eigenvalue weighted by molar-refractivity contribution is -0.0126. The van der Waals surface area contributed by atoms with Crippen molar-refractivity contribution in [3.63, 3.8) is 0 Å². The van der Waals surface area contributed by atoms with E-state index in [9.17, 15) is 4.79 Å². The van der Waals surface area contributed by atoms with E-state index < -0.39 is 5.60 Å². The Hall–Kier alpha value is -1.36. The topological polar surface area (TPSA) is 53.4 Å². The molecule has 1 atom stereocenters. The van der Waals surface area contributed by atoms with Crippen molar-refractivity contribution >= 4 is 5.78 Å². The number of hydrogen-bond donors (Lipinski definition) is 0. The number of methoxy groups -OCH3 is 1. The highest BCUT2D eigenvalue weighted by molar-refractivity contribution is 6.03. The van der Waals surface area contributed by atoms with Crippen molar-refractivity contribution in [3.05, 3.63) is 11.9 Å². The minimum Gasteiger partial charge on any atom is -0.493 e. The van der Waals surface area contributed by atoms with Crippen LogP contribution in [0.4, 0.5) is 0 Å². The second kappa shape index (κ2) is 6.19. The average molecular weight is 268 g/mol. The molecule has 0 spiro atoms. The summed E-state index contributed by atoms with van der Waals surface area (Å²) in [5.74, 6) is 0.415. The Morgan fingerprint density at radius 2 is 2.11 bits per heavy atom. The molecule has 19 heavy (non-hydrogen) atoms. The lowest BCUT2D eigenvalue weighted by Crippen LogP contribution is -2.39. The molecule has 1 aromatic rings. The lowest BCUT2D eigenvalue weighted by Gasteiger charge is -2.27. The predicted octanol–water partition coefficient (Wildman–Crippen LogP) is 2.86. The van der Waals surface area contributed by atoms with Crippen molar-refractivity contribution in [2.24, 2.45) is 0 Å². The number of nitrogens with zero attached hydrogens (tertiary/aromatic N) is 2. The van der Waals surface area contributed by atoms with E-state index in [0.717, 1.165) is 0 Å². The third-order valence-electron chi connectivity index (χ3n) is 3.30. The van der Waals surface area contributed by atoms with Gasteiger partial charge in [0, 0.05) is 12.6 Å². The summed E-state index contributed by atoms with van der Waals surface area (Å²) in [6, 6.07) is 0.0885. The molecule has 0 saturated heterocycles. The number of rotatable bonds is 7. The molecule has 0 amide bonds. The van der Waals surface area contributed by atoms with Gasteiger partial charge < -0.3 is 9.47 Å². The van der Waals surface area contributed by atoms with Crippen molar-refractivity contribution in [3.8, 4) is 5.75 Å². The highest BCUT2D eigenvalue weighted by atomic mass is 16.5. The van der Waals surface area contributed by atoms with Crippen molar-refractivity contribution in [2.45, 2.75) is 52.7 Å². The van der Waals surface area contributed by atoms with Crippen molar-refractivity contribution in [1.29, 1.82) is 0 Å². The van der Waals surface area contributed by atoms with Gasteiger partial charge in [-0.25, -0.2) is 0 Å². The summed E-state index contributed by atoms with van der Waals surface area (Å²) in [5, 5.41) is 4.23. The van der Waals surface area contributed by atoms with E-state index in [-0.39, 0.29) is 11.8 Å². The molecular weight excluding hydrogens is 244 g/mol. The zero-order valence-electron chi connectivity index (χ0n) is 12.7. The van der Waals surface area contributed by atoms with Gasteiger partial charge in [0.05, 0.1) is 13.3 Å². The van der Waals surface area contributed by atoms with E-state index in [1.807, 2.05) is 34.6 Å². The molecule has 1 rings (SSSR count). The number of ketones is 1. The van der Waals surface area contributed by atoms with Crippen molar-refractivity contribution in [2.75, 3.05) is 13.7 Å². The summed E-state index contributed by atoms with van der Waals surface area (Å²) in [6.07, 6.45) is 2.18. The standard InChI is InChI=1S/C14H24N2O3/c1-7-14(5,19-8-2)13(17)12-11(18-6)9-15-16(12)10(3)4/h9-10H,7-8H2,1-6H3. The Labute approximate surface area is 114 Å². The van der Waals surface area contributed by atoms with Crippen LogP contribution in [-0.2, 0) is 4.74 Å². The van der Waals surface area contributed by atoms with Crippen molar-refractivity contribution in [1.82, 2.24) is 9.78 Å². The molecule has 0 aliphatic rings. The van der Waals surface area contributed by atoms with Crippen LogP contribution in [0.25, 0.3) is 0 Å². The second-order valence-corrected chi connectivity index (χ2v) is 4.95. The summed E-state index contributed by atoms with van der Waals surface area (Å²) in [6.45, 7) is 10.1. The zero-order chi connectivity index (χ0) is 14.6. The van der Waals surface area contributed by atoms with Gasteiger partial charge in [-0.3, -0.25) is 9.48 Å². The van der Waals surface area contributed by atoms with Crippen LogP contribution in [0.3, 0.4) is 0 Å². The maximum Gasteiger partial charge on any atom is 0.216 e. The quantitative estimate of drug-likeness (QED) is 0.713. The van der Waals surface area contributed by atoms with Gasteiger partial charge in [-0.1, -0.05) is 6.92 Å². The number of carbonyl (C=O) groups is 1. The number of carbonyl (C=O) groups excluding carboxylic acids is 1. The first kappa shape index (κ1) is 15.7. The van der Waals surface area contributed by atoms with E-state index in [1.165, 1.54) is 0 Å². The van der Waals surface area contributed by atoms with Crippen LogP contribution in [0.1, 0.15) is 57.6 Å². The third kappa shape index (κ3) is 2.97. The molecule has 0 radical (unpaired) electrons. The fourth-order valence-corrected chi connectivity index (χ4v) is 2.00. The van der Waals surface area contributed by atoms with E-state index in [0.29, 0.717) is 24.5 Å². The summed E-state index contributed by atoms with van der Waals surface area (Å²) < 4.78 is 12.6. The first-order valence-corrected chi connectivity index (χ1v) is 6.71. The summed E-state index contributed by atoms with van der Waals surface area (Å²) in [7, 11) is 1.54. The summed E-state index contributed by atoms with van der Waals surface area (Å²) in [5.41, 5.74) is -0.357. The van der Waals surface area contributed by atoms with Gasteiger partial charge in [0.15, 0.2) is 5.75 Å². The number of Topliss-reactive ketones (excluding diaryl/α,β-unsaturated/α-hetero) is 1. The third-order valence-corrected chi connectivity index (χ3v) is 3.30. The monoisotopic (exact) mass is 268 g/mol. The molecule has 0 N–H and O–H groups in total. The molecule has 5 nitrogen and oxygen atoms in total. The van der Waals surface area contributed by atoms with E-state index in [2.05, 4.69) is 5.10 Å². The molecule has 0 aliphatic heterocycles. The molecule has 0 aromatic carbocycles. The highest BCUT2D eigenvalue weighted by Crippen LogP contribution is 2.29. The normalized spacial score (nSPS) is 14.5. The molecular formula is C14H24N2O3. The molecule has 1 heterocycles. The summed E-state index contributed by atoms with van der Waals surface area (Å²) in [4.78, 5) is 12.8. The molecule has 1 unspecified atom stereocenters. The minimum absolute atomic E-state index is 0.0834. The van der Waals surface area contributed by atoms with Gasteiger partial charge in [-0.15, -0.1) is 0 Å². The Balaban J connectivity index is 3.27. The SMILES string of the molecule is CCOC(C)(CC)C(=O)c1c(OC)cnn1C(C)C. The largest absolute Gasteiger partial charge is 0.493 e. The molecule has 5 heteroatoms. The van der Waals surface area contributed by atoms with Gasteiger partial charge in [0.2, 0.25) is 5.78 Å². The van der Waals surface area contributed by atoms with Gasteiger partial charge >= 0.3 is 0 Å². The van der Waals surface area contributed by atoms with Crippen LogP contribution >= 0.6 is 0 Å². The summed E-state index contributed by atoms with van der Waals surface area (Å²) >= 11 is 0. The Bertz CT molecular complexity index is 440. The van der Waals surface area contributed by atoms with Gasteiger partial charge in [-0.05, 0) is 34.1 Å². The van der Waals surface area contributed by atoms with Gasteiger partial charge in [-0.2, -0.15) is 5.10 Å². The number of hydrogen-bond acceptors (Lipinski definition) is 4. The Morgan fingerprint density at radius 3 is 2.53 bits per heavy atom. The van der Waals surface area contributed by atoms with Crippen LogP contribution < -0.4 is 4.74 Å². The molecule has 0 saturated carbocycles. The molecule has 108 valence electrons. The van der Waals surface area contributed by atoms with Crippen LogP contribution in [0, 0.1) is 0 Å². The second-order valence-electron chi connectivity index (χ2n) is 4.95. The molecule has 1 aromatic heterocycles. The fourth-order valence-electron chi connectivity index (χ4n) is 2.00. The highest BCUT2D eigenvalue weighted by Gasteiger charge is 2.37. The van der Waals surface area contributed by atoms with E-state index in [4.69, 9.17) is 9.47 Å². The van der Waals surface area contributed by atoms with Crippen LogP contribution in [-0.4, -0.2) is 34.9 Å². The van der Waals surface area contributed by atoms with Crippen LogP contribution in [0.15, 0.2) is 6.20 Å². The lowest BCUT2D eigenvalue weighted by atomic mass is 9.94. The fraction of sp³-hybridized carbons (Fsp3) is 0.714. The van der Waals surface area contributed by atoms with Gasteiger partial charge in [0.1, 0.15) is 11.3 Å². The van der Waals surface area contributed by atoms with Gasteiger partial charge in [0.25, 0.3) is 0 Å². The van der Waals surface area contributed by atoms with Crippen molar-refractivity contribution < 1.29 is 14.3 Å². The Morgan fingerprint density at radius 1 is 1.47 bits per heavy atom. The van der Waals surface area contributed by atoms with E-state index >= 15 is 0 Å². The number of ether oxygens (including phenoxy) is 2. The minimum atomic E-state index is -0.839. The predicted molar refractivity (Wildman–Crippen MR) is 73.8 cm³/mol. The smallest absolute Gasteiger partial charge is 0.216 e. The first-order valence-electron chi connectivity index (χ1n) is 6.71. The molecule has 0 bridgehead atoms. The zero-order valence-corrected chi connectivity index (χ0v) is 12.7. The molecule has 0 aliphatic carbocycles. The number of aromatic nitrogens is 2. The average Bonchev–Trinajstić information content (AvgIpc) is 2.81. The first-order chi connectivity index (χ1) is 8.91.